The number of nitrogens with zero attached hydrogens (tertiary/aromatic N) is 4. The van der Waals surface area contributed by atoms with Crippen LogP contribution in [0.5, 0.6) is 5.75 Å². The van der Waals surface area contributed by atoms with Crippen molar-refractivity contribution in [1.29, 1.82) is 0 Å². The van der Waals surface area contributed by atoms with Crippen LogP contribution in [-0.4, -0.2) is 109 Å². The topological polar surface area (TPSA) is 224 Å². The average molecular weight is 765 g/mol. The summed E-state index contributed by atoms with van der Waals surface area (Å²) in [5.74, 6) is -2.86. The molecule has 0 radical (unpaired) electrons. The largest absolute Gasteiger partial charge is 0.488 e. The fourth-order valence-corrected chi connectivity index (χ4v) is 8.49. The number of pyridine rings is 1. The van der Waals surface area contributed by atoms with Crippen LogP contribution in [0.4, 0.5) is 4.79 Å². The van der Waals surface area contributed by atoms with Crippen LogP contribution in [0.25, 0.3) is 16.4 Å². The molecule has 1 aromatic carbocycles. The molecule has 0 spiro atoms. The molecule has 2 aliphatic carbocycles. The van der Waals surface area contributed by atoms with Gasteiger partial charge in [0.1, 0.15) is 41.3 Å². The third kappa shape index (κ3) is 8.31. The molecule has 288 valence electrons. The van der Waals surface area contributed by atoms with Crippen LogP contribution in [0.1, 0.15) is 81.1 Å². The number of alkyl carbamates (subject to hydrolysis) is 1. The Morgan fingerprint density at radius 1 is 1.09 bits per heavy atom. The molecule has 6 rings (SSSR count). The number of carbonyl (C=O) groups excluding carboxylic acids is 5. The fraction of sp³-hybridized carbons (Fsp3) is 0.541. The second-order valence-electron chi connectivity index (χ2n) is 14.4. The highest BCUT2D eigenvalue weighted by atomic mass is 32.2. The van der Waals surface area contributed by atoms with E-state index in [-0.39, 0.29) is 58.7 Å². The molecular formula is C37H44N6O10S. The van der Waals surface area contributed by atoms with Gasteiger partial charge in [-0.3, -0.25) is 14.4 Å². The highest BCUT2D eigenvalue weighted by Crippen LogP contribution is 2.46. The summed E-state index contributed by atoms with van der Waals surface area (Å²) >= 11 is 0. The lowest BCUT2D eigenvalue weighted by atomic mass is 10.0. The molecule has 2 aromatic rings. The summed E-state index contributed by atoms with van der Waals surface area (Å²) in [6.45, 7) is -0.141. The van der Waals surface area contributed by atoms with Crippen LogP contribution in [0.3, 0.4) is 0 Å². The number of allylic oxidation sites excluding steroid dienone is 1. The Morgan fingerprint density at radius 3 is 2.57 bits per heavy atom. The van der Waals surface area contributed by atoms with Crippen molar-refractivity contribution in [3.05, 3.63) is 47.6 Å². The van der Waals surface area contributed by atoms with E-state index in [2.05, 4.69) is 20.4 Å². The maximum Gasteiger partial charge on any atom is 0.408 e. The summed E-state index contributed by atoms with van der Waals surface area (Å²) in [5.41, 5.74) is 7.37. The van der Waals surface area contributed by atoms with Crippen LogP contribution < -0.4 is 15.4 Å². The van der Waals surface area contributed by atoms with Gasteiger partial charge in [-0.25, -0.2) is 23.0 Å². The highest BCUT2D eigenvalue weighted by molar-refractivity contribution is 7.91. The van der Waals surface area contributed by atoms with Crippen molar-refractivity contribution in [1.82, 2.24) is 20.5 Å². The van der Waals surface area contributed by atoms with Crippen molar-refractivity contribution in [2.75, 3.05) is 19.9 Å². The molecule has 3 amide bonds. The lowest BCUT2D eigenvalue weighted by Crippen LogP contribution is -2.56. The van der Waals surface area contributed by atoms with Gasteiger partial charge in [-0.1, -0.05) is 31.1 Å². The molecular weight excluding hydrogens is 721 g/mol. The Hall–Kier alpha value is -5.15. The van der Waals surface area contributed by atoms with Gasteiger partial charge in [0.05, 0.1) is 24.1 Å². The van der Waals surface area contributed by atoms with E-state index in [0.29, 0.717) is 19.1 Å². The van der Waals surface area contributed by atoms with Crippen molar-refractivity contribution in [2.24, 2.45) is 5.92 Å². The lowest BCUT2D eigenvalue weighted by Gasteiger charge is -2.29. The number of fused-ring (bicyclic) bond motifs is 3. The SMILES string of the molecule is COC(=O)[C@@]12CC1C=CCCCCC[C@H](NC(=O)OC1CCCC1)C(=O)N1C[C@H](Oc3cc(C(=O)C=[N+]=[N-])nc4c(S(C)(=O)=O)cccc34)C[C@H]1C(=O)N2. The van der Waals surface area contributed by atoms with Crippen LogP contribution in [0, 0.1) is 5.92 Å². The molecule has 54 heavy (non-hydrogen) atoms. The lowest BCUT2D eigenvalue weighted by molar-refractivity contribution is -0.148. The number of para-hydroxylation sites is 1. The number of benzene rings is 1. The molecule has 1 saturated heterocycles. The minimum atomic E-state index is -3.83. The van der Waals surface area contributed by atoms with Crippen molar-refractivity contribution in [2.45, 2.75) is 105 Å². The van der Waals surface area contributed by atoms with E-state index in [1.54, 1.807) is 6.07 Å². The number of methoxy groups -OCH3 is 1. The molecule has 1 unspecified atom stereocenters. The number of hydrogen-bond donors (Lipinski definition) is 2. The van der Waals surface area contributed by atoms with Gasteiger partial charge in [-0.05, 0) is 63.5 Å². The van der Waals surface area contributed by atoms with Crippen LogP contribution in [0.2, 0.25) is 0 Å². The number of nitrogens with one attached hydrogen (secondary N) is 2. The van der Waals surface area contributed by atoms with Crippen molar-refractivity contribution in [3.8, 4) is 5.75 Å². The molecule has 5 atom stereocenters. The molecule has 3 fully saturated rings. The Labute approximate surface area is 312 Å². The summed E-state index contributed by atoms with van der Waals surface area (Å²) in [5, 5.41) is 5.87. The summed E-state index contributed by atoms with van der Waals surface area (Å²) < 4.78 is 42.6. The molecule has 1 aromatic heterocycles. The van der Waals surface area contributed by atoms with E-state index in [4.69, 9.17) is 19.7 Å². The minimum absolute atomic E-state index is 0.0361. The number of ketones is 1. The summed E-state index contributed by atoms with van der Waals surface area (Å²) in [6.07, 6.45) is 10.5. The Morgan fingerprint density at radius 2 is 1.85 bits per heavy atom. The first-order chi connectivity index (χ1) is 25.8. The van der Waals surface area contributed by atoms with Gasteiger partial charge < -0.3 is 35.3 Å². The zero-order chi connectivity index (χ0) is 38.6. The van der Waals surface area contributed by atoms with E-state index >= 15 is 0 Å². The Kier molecular flexibility index (Phi) is 11.5. The molecule has 4 aliphatic rings. The smallest absolute Gasteiger partial charge is 0.408 e. The molecule has 0 bridgehead atoms. The number of ether oxygens (including phenoxy) is 3. The second-order valence-corrected chi connectivity index (χ2v) is 16.3. The van der Waals surface area contributed by atoms with E-state index in [1.165, 1.54) is 30.2 Å². The molecule has 2 N–H and O–H groups in total. The summed E-state index contributed by atoms with van der Waals surface area (Å²) in [7, 11) is -2.59. The monoisotopic (exact) mass is 764 g/mol. The van der Waals surface area contributed by atoms with E-state index < -0.39 is 63.2 Å². The number of sulfone groups is 1. The van der Waals surface area contributed by atoms with Crippen LogP contribution in [0.15, 0.2) is 41.3 Å². The number of hydrogen-bond acceptors (Lipinski definition) is 11. The number of rotatable bonds is 8. The third-order valence-electron chi connectivity index (χ3n) is 10.5. The molecule has 17 heteroatoms. The maximum absolute atomic E-state index is 14.5. The first-order valence-electron chi connectivity index (χ1n) is 18.2. The zero-order valence-corrected chi connectivity index (χ0v) is 31.0. The molecule has 16 nitrogen and oxygen atoms in total. The van der Waals surface area contributed by atoms with E-state index in [9.17, 15) is 32.4 Å². The van der Waals surface area contributed by atoms with Gasteiger partial charge in [0.25, 0.3) is 5.78 Å². The highest BCUT2D eigenvalue weighted by Gasteiger charge is 2.62. The second kappa shape index (κ2) is 16.1. The number of esters is 1. The predicted molar refractivity (Wildman–Crippen MR) is 192 cm³/mol. The van der Waals surface area contributed by atoms with Crippen LogP contribution >= 0.6 is 0 Å². The fourth-order valence-electron chi connectivity index (χ4n) is 7.66. The Balaban J connectivity index is 1.36. The first-order valence-corrected chi connectivity index (χ1v) is 20.1. The molecule has 2 saturated carbocycles. The normalized spacial score (nSPS) is 26.3. The van der Waals surface area contributed by atoms with Crippen LogP contribution in [-0.2, 0) is 33.7 Å². The van der Waals surface area contributed by atoms with E-state index in [1.807, 2.05) is 12.2 Å². The molecule has 3 heterocycles. The van der Waals surface area contributed by atoms with Gasteiger partial charge in [-0.15, -0.1) is 0 Å². The number of Topliss-reactive ketones (excluding diaryl/α,β-unsaturated/α-hetero) is 1. The maximum atomic E-state index is 14.5. The van der Waals surface area contributed by atoms with Gasteiger partial charge >= 0.3 is 18.3 Å². The zero-order valence-electron chi connectivity index (χ0n) is 30.2. The third-order valence-corrected chi connectivity index (χ3v) is 11.7. The van der Waals surface area contributed by atoms with Crippen molar-refractivity contribution < 1.29 is 51.4 Å². The van der Waals surface area contributed by atoms with Gasteiger partial charge in [0.2, 0.25) is 11.8 Å². The van der Waals surface area contributed by atoms with Gasteiger partial charge in [0.15, 0.2) is 9.84 Å². The number of carbonyl (C=O) groups is 5. The quantitative estimate of drug-likeness (QED) is 0.0992. The van der Waals surface area contributed by atoms with Crippen molar-refractivity contribution in [3.63, 3.8) is 0 Å². The average Bonchev–Trinajstić information content (AvgIpc) is 3.41. The summed E-state index contributed by atoms with van der Waals surface area (Å²) in [6, 6.07) is 3.47. The first kappa shape index (κ1) is 38.6. The minimum Gasteiger partial charge on any atom is -0.488 e. The number of amides is 3. The Bertz CT molecular complexity index is 2030. The molecule has 2 aliphatic heterocycles. The predicted octanol–water partition coefficient (Wildman–Crippen LogP) is 3.08. The van der Waals surface area contributed by atoms with Gasteiger partial charge in [0, 0.05) is 30.0 Å². The van der Waals surface area contributed by atoms with E-state index in [0.717, 1.165) is 51.2 Å². The van der Waals surface area contributed by atoms with Gasteiger partial charge in [-0.2, -0.15) is 4.79 Å². The standard InChI is InChI=1S/C37H44N6O10S/c1-51-35(47)37-19-22(37)11-6-4-3-5-7-15-26(41-36(48)53-23-12-8-9-13-23)34(46)43-21-24(17-28(43)33(45)42-37)52-30-18-27(29(44)20-39-38)40-32-25(30)14-10-16-31(32)54(2,49)50/h6,10-11,14,16,18,20,22-24,26,28H,3-5,7-9,12-13,15,17,19,21H2,1-2H3,(H,41,48)(H,42,45)/t22?,24-,26+,28+,37-/m1/s1. The van der Waals surface area contributed by atoms with Crippen molar-refractivity contribution >= 4 is 56.6 Å². The number of aromatic nitrogens is 1. The summed E-state index contributed by atoms with van der Waals surface area (Å²) in [4.78, 5) is 75.8.